The van der Waals surface area contributed by atoms with Crippen LogP contribution in [-0.2, 0) is 6.54 Å². The van der Waals surface area contributed by atoms with Gasteiger partial charge in [0, 0.05) is 24.0 Å². The predicted molar refractivity (Wildman–Crippen MR) is 70.4 cm³/mol. The van der Waals surface area contributed by atoms with Crippen molar-refractivity contribution in [2.45, 2.75) is 13.5 Å². The first-order chi connectivity index (χ1) is 6.76. The second-order valence-corrected chi connectivity index (χ2v) is 4.00. The average molecular weight is 269 g/mol. The van der Waals surface area contributed by atoms with Crippen LogP contribution in [0.15, 0.2) is 24.3 Å². The van der Waals surface area contributed by atoms with Crippen molar-refractivity contribution in [2.75, 3.05) is 19.0 Å². The fourth-order valence-electron chi connectivity index (χ4n) is 1.36. The van der Waals surface area contributed by atoms with Crippen LogP contribution in [0.25, 0.3) is 0 Å². The van der Waals surface area contributed by atoms with Gasteiger partial charge in [-0.15, -0.1) is 24.0 Å². The Balaban J connectivity index is 0.00000196. The molecule has 0 aliphatic carbocycles. The first kappa shape index (κ1) is 15.0. The van der Waals surface area contributed by atoms with Gasteiger partial charge in [0.15, 0.2) is 0 Å². The summed E-state index contributed by atoms with van der Waals surface area (Å²) >= 11 is 11.6. The lowest BCUT2D eigenvalue weighted by atomic mass is 10.2. The third kappa shape index (κ3) is 5.62. The van der Waals surface area contributed by atoms with Gasteiger partial charge in [-0.3, -0.25) is 4.90 Å². The fourth-order valence-corrected chi connectivity index (χ4v) is 1.81. The van der Waals surface area contributed by atoms with Crippen molar-refractivity contribution >= 4 is 35.6 Å². The first-order valence-electron chi connectivity index (χ1n) is 4.79. The Kier molecular flexibility index (Phi) is 8.26. The highest BCUT2D eigenvalue weighted by atomic mass is 35.5. The summed E-state index contributed by atoms with van der Waals surface area (Å²) in [5, 5.41) is 0.796. The molecule has 0 fully saturated rings. The maximum Gasteiger partial charge on any atom is 0.0409 e. The molecule has 0 unspecified atom stereocenters. The van der Waals surface area contributed by atoms with Gasteiger partial charge >= 0.3 is 0 Å². The fraction of sp³-hybridized carbons (Fsp3) is 0.455. The number of rotatable bonds is 5. The highest BCUT2D eigenvalue weighted by Crippen LogP contribution is 2.12. The molecule has 0 heterocycles. The van der Waals surface area contributed by atoms with Crippen LogP contribution in [0, 0.1) is 0 Å². The van der Waals surface area contributed by atoms with E-state index in [2.05, 4.69) is 17.9 Å². The van der Waals surface area contributed by atoms with E-state index in [1.807, 2.05) is 18.2 Å². The topological polar surface area (TPSA) is 3.24 Å². The van der Waals surface area contributed by atoms with Gasteiger partial charge in [-0.1, -0.05) is 30.7 Å². The molecule has 0 saturated heterocycles. The molecule has 0 aromatic heterocycles. The van der Waals surface area contributed by atoms with E-state index in [0.29, 0.717) is 5.88 Å². The Bertz CT molecular complexity index is 278. The molecule has 0 bridgehead atoms. The van der Waals surface area contributed by atoms with Crippen LogP contribution >= 0.6 is 35.6 Å². The molecule has 1 aromatic carbocycles. The molecule has 0 spiro atoms. The molecule has 1 aromatic rings. The van der Waals surface area contributed by atoms with Crippen LogP contribution in [0.4, 0.5) is 0 Å². The normalized spacial score (nSPS) is 10.1. The molecule has 0 radical (unpaired) electrons. The molecule has 1 nitrogen and oxygen atoms in total. The first-order valence-corrected chi connectivity index (χ1v) is 5.70. The molecule has 1 rings (SSSR count). The highest BCUT2D eigenvalue weighted by Gasteiger charge is 2.02. The van der Waals surface area contributed by atoms with Crippen LogP contribution in [0.5, 0.6) is 0 Å². The summed E-state index contributed by atoms with van der Waals surface area (Å²) in [6, 6.07) is 7.95. The lowest BCUT2D eigenvalue weighted by molar-refractivity contribution is 0.297. The van der Waals surface area contributed by atoms with Gasteiger partial charge in [0.05, 0.1) is 0 Å². The maximum absolute atomic E-state index is 5.90. The van der Waals surface area contributed by atoms with E-state index in [4.69, 9.17) is 23.2 Å². The Morgan fingerprint density at radius 1 is 1.33 bits per heavy atom. The lowest BCUT2D eigenvalue weighted by Gasteiger charge is -2.18. The summed E-state index contributed by atoms with van der Waals surface area (Å²) in [6.07, 6.45) is 0. The molecule has 86 valence electrons. The Morgan fingerprint density at radius 3 is 2.60 bits per heavy atom. The second-order valence-electron chi connectivity index (χ2n) is 3.19. The molecular weight excluding hydrogens is 252 g/mol. The number of halogens is 3. The summed E-state index contributed by atoms with van der Waals surface area (Å²) in [6.45, 7) is 4.99. The van der Waals surface area contributed by atoms with Crippen molar-refractivity contribution in [3.8, 4) is 0 Å². The van der Waals surface area contributed by atoms with Crippen LogP contribution < -0.4 is 0 Å². The summed E-state index contributed by atoms with van der Waals surface area (Å²) in [5.41, 5.74) is 1.24. The second kappa shape index (κ2) is 8.23. The van der Waals surface area contributed by atoms with Gasteiger partial charge < -0.3 is 0 Å². The number of hydrogen-bond donors (Lipinski definition) is 0. The van der Waals surface area contributed by atoms with Crippen molar-refractivity contribution < 1.29 is 0 Å². The summed E-state index contributed by atoms with van der Waals surface area (Å²) in [4.78, 5) is 2.29. The Morgan fingerprint density at radius 2 is 2.07 bits per heavy atom. The van der Waals surface area contributed by atoms with Gasteiger partial charge in [-0.05, 0) is 24.2 Å². The zero-order chi connectivity index (χ0) is 10.4. The van der Waals surface area contributed by atoms with Crippen molar-refractivity contribution in [1.82, 2.24) is 4.90 Å². The van der Waals surface area contributed by atoms with Gasteiger partial charge in [0.25, 0.3) is 0 Å². The minimum absolute atomic E-state index is 0. The standard InChI is InChI=1S/C11H15Cl2N.ClH/c1-2-14(7-6-12)9-10-4-3-5-11(13)8-10;/h3-5,8H,2,6-7,9H2,1H3;1H. The van der Waals surface area contributed by atoms with Crippen LogP contribution in [0.2, 0.25) is 5.02 Å². The third-order valence-corrected chi connectivity index (χ3v) is 2.55. The van der Waals surface area contributed by atoms with Crippen LogP contribution in [-0.4, -0.2) is 23.9 Å². The predicted octanol–water partition coefficient (Wildman–Crippen LogP) is 3.82. The highest BCUT2D eigenvalue weighted by molar-refractivity contribution is 6.30. The molecule has 0 atom stereocenters. The van der Waals surface area contributed by atoms with Crippen molar-refractivity contribution in [3.05, 3.63) is 34.9 Å². The summed E-state index contributed by atoms with van der Waals surface area (Å²) in [7, 11) is 0. The summed E-state index contributed by atoms with van der Waals surface area (Å²) < 4.78 is 0. The zero-order valence-electron chi connectivity index (χ0n) is 8.75. The van der Waals surface area contributed by atoms with E-state index in [1.54, 1.807) is 0 Å². The maximum atomic E-state index is 5.90. The summed E-state index contributed by atoms with van der Waals surface area (Å²) in [5.74, 6) is 0.675. The quantitative estimate of drug-likeness (QED) is 0.734. The van der Waals surface area contributed by atoms with Crippen molar-refractivity contribution in [2.24, 2.45) is 0 Å². The van der Waals surface area contributed by atoms with E-state index in [0.717, 1.165) is 24.7 Å². The molecular formula is C11H16Cl3N. The monoisotopic (exact) mass is 267 g/mol. The van der Waals surface area contributed by atoms with E-state index in [1.165, 1.54) is 5.56 Å². The van der Waals surface area contributed by atoms with Crippen molar-refractivity contribution in [3.63, 3.8) is 0 Å². The molecule has 0 saturated carbocycles. The molecule has 15 heavy (non-hydrogen) atoms. The SMILES string of the molecule is CCN(CCCl)Cc1cccc(Cl)c1.Cl. The van der Waals surface area contributed by atoms with E-state index >= 15 is 0 Å². The molecule has 0 aliphatic heterocycles. The number of hydrogen-bond acceptors (Lipinski definition) is 1. The Hall–Kier alpha value is 0.0500. The minimum atomic E-state index is 0. The number of alkyl halides is 1. The molecule has 0 amide bonds. The van der Waals surface area contributed by atoms with Crippen LogP contribution in [0.3, 0.4) is 0 Å². The van der Waals surface area contributed by atoms with Gasteiger partial charge in [0.2, 0.25) is 0 Å². The largest absolute Gasteiger partial charge is 0.298 e. The minimum Gasteiger partial charge on any atom is -0.298 e. The molecule has 0 aliphatic rings. The number of benzene rings is 1. The average Bonchev–Trinajstić information content (AvgIpc) is 2.17. The van der Waals surface area contributed by atoms with E-state index < -0.39 is 0 Å². The zero-order valence-corrected chi connectivity index (χ0v) is 11.1. The Labute approximate surface area is 108 Å². The van der Waals surface area contributed by atoms with Crippen LogP contribution in [0.1, 0.15) is 12.5 Å². The third-order valence-electron chi connectivity index (χ3n) is 2.14. The molecule has 0 N–H and O–H groups in total. The molecule has 4 heteroatoms. The smallest absolute Gasteiger partial charge is 0.0409 e. The lowest BCUT2D eigenvalue weighted by Crippen LogP contribution is -2.24. The van der Waals surface area contributed by atoms with Crippen molar-refractivity contribution in [1.29, 1.82) is 0 Å². The number of nitrogens with zero attached hydrogens (tertiary/aromatic N) is 1. The van der Waals surface area contributed by atoms with Gasteiger partial charge in [-0.2, -0.15) is 0 Å². The van der Waals surface area contributed by atoms with Gasteiger partial charge in [-0.25, -0.2) is 0 Å². The van der Waals surface area contributed by atoms with E-state index in [9.17, 15) is 0 Å². The van der Waals surface area contributed by atoms with Gasteiger partial charge in [0.1, 0.15) is 0 Å². The van der Waals surface area contributed by atoms with E-state index in [-0.39, 0.29) is 12.4 Å².